The zero-order chi connectivity index (χ0) is 19.7. The first-order chi connectivity index (χ1) is 12.8. The number of hydrogen-bond donors (Lipinski definition) is 1. The molecule has 6 nitrogen and oxygen atoms in total. The Morgan fingerprint density at radius 2 is 1.89 bits per heavy atom. The van der Waals surface area contributed by atoms with Gasteiger partial charge in [0.25, 0.3) is 5.69 Å². The Morgan fingerprint density at radius 3 is 2.52 bits per heavy atom. The van der Waals surface area contributed by atoms with Crippen molar-refractivity contribution < 1.29 is 4.92 Å². The van der Waals surface area contributed by atoms with E-state index in [2.05, 4.69) is 4.98 Å². The predicted molar refractivity (Wildman–Crippen MR) is 105 cm³/mol. The molecule has 0 atom stereocenters. The molecule has 3 aromatic rings. The standard InChI is InChI=1S/C20H15ClN4O2/c1-11-3-5-14(12(2)7-11)18-9-15(16(10-22)20(23)24-18)13-4-6-17(21)19(8-13)25(26)27/h3-9H,1-2H3,(H2,23,24). The van der Waals surface area contributed by atoms with Crippen LogP contribution in [0.15, 0.2) is 42.5 Å². The highest BCUT2D eigenvalue weighted by atomic mass is 35.5. The van der Waals surface area contributed by atoms with Crippen LogP contribution >= 0.6 is 11.6 Å². The lowest BCUT2D eigenvalue weighted by atomic mass is 9.96. The Balaban J connectivity index is 2.27. The van der Waals surface area contributed by atoms with E-state index in [0.717, 1.165) is 16.7 Å². The molecule has 0 aliphatic heterocycles. The van der Waals surface area contributed by atoms with Gasteiger partial charge >= 0.3 is 0 Å². The molecule has 1 aromatic heterocycles. The van der Waals surface area contributed by atoms with Gasteiger partial charge in [0.2, 0.25) is 0 Å². The first-order valence-electron chi connectivity index (χ1n) is 8.04. The number of hydrogen-bond acceptors (Lipinski definition) is 5. The summed E-state index contributed by atoms with van der Waals surface area (Å²) in [5.74, 6) is 0.0718. The van der Waals surface area contributed by atoms with Crippen LogP contribution in [-0.4, -0.2) is 9.91 Å². The van der Waals surface area contributed by atoms with E-state index in [-0.39, 0.29) is 22.1 Å². The lowest BCUT2D eigenvalue weighted by Gasteiger charge is -2.12. The van der Waals surface area contributed by atoms with Crippen LogP contribution in [-0.2, 0) is 0 Å². The van der Waals surface area contributed by atoms with Crippen molar-refractivity contribution in [2.45, 2.75) is 13.8 Å². The van der Waals surface area contributed by atoms with Crippen LogP contribution in [0.2, 0.25) is 5.02 Å². The highest BCUT2D eigenvalue weighted by Crippen LogP contribution is 2.36. The van der Waals surface area contributed by atoms with Crippen molar-refractivity contribution in [1.82, 2.24) is 4.98 Å². The Kier molecular flexibility index (Phi) is 4.80. The SMILES string of the molecule is Cc1ccc(-c2cc(-c3ccc(Cl)c([N+](=O)[O-])c3)c(C#N)c(N)n2)c(C)c1. The second kappa shape index (κ2) is 7.06. The summed E-state index contributed by atoms with van der Waals surface area (Å²) in [5, 5.41) is 20.8. The average Bonchev–Trinajstić information content (AvgIpc) is 2.61. The van der Waals surface area contributed by atoms with Crippen LogP contribution in [0.5, 0.6) is 0 Å². The first-order valence-corrected chi connectivity index (χ1v) is 8.42. The number of nitrogens with zero attached hydrogens (tertiary/aromatic N) is 3. The van der Waals surface area contributed by atoms with Crippen molar-refractivity contribution in [3.05, 3.63) is 74.3 Å². The Bertz CT molecular complexity index is 1120. The fourth-order valence-corrected chi connectivity index (χ4v) is 3.16. The summed E-state index contributed by atoms with van der Waals surface area (Å²) in [6.07, 6.45) is 0. The van der Waals surface area contributed by atoms with Crippen LogP contribution in [0.3, 0.4) is 0 Å². The third-order valence-corrected chi connectivity index (χ3v) is 4.59. The molecule has 0 spiro atoms. The molecule has 27 heavy (non-hydrogen) atoms. The number of benzene rings is 2. The molecule has 134 valence electrons. The van der Waals surface area contributed by atoms with Gasteiger partial charge in [-0.3, -0.25) is 10.1 Å². The monoisotopic (exact) mass is 378 g/mol. The van der Waals surface area contributed by atoms with E-state index in [1.54, 1.807) is 12.1 Å². The first kappa shape index (κ1) is 18.4. The summed E-state index contributed by atoms with van der Waals surface area (Å²) in [6.45, 7) is 3.96. The smallest absolute Gasteiger partial charge is 0.288 e. The molecule has 7 heteroatoms. The normalized spacial score (nSPS) is 10.4. The van der Waals surface area contributed by atoms with Crippen LogP contribution < -0.4 is 5.73 Å². The van der Waals surface area contributed by atoms with Crippen LogP contribution in [0.25, 0.3) is 22.4 Å². The maximum Gasteiger partial charge on any atom is 0.288 e. The zero-order valence-corrected chi connectivity index (χ0v) is 15.4. The van der Waals surface area contributed by atoms with Gasteiger partial charge < -0.3 is 5.73 Å². The maximum absolute atomic E-state index is 11.2. The second-order valence-corrected chi connectivity index (χ2v) is 6.58. The van der Waals surface area contributed by atoms with Gasteiger partial charge in [0, 0.05) is 17.2 Å². The molecule has 0 fully saturated rings. The van der Waals surface area contributed by atoms with Gasteiger partial charge in [-0.2, -0.15) is 5.26 Å². The number of nitro groups is 1. The van der Waals surface area contributed by atoms with E-state index in [0.29, 0.717) is 16.8 Å². The summed E-state index contributed by atoms with van der Waals surface area (Å²) in [4.78, 5) is 15.0. The number of anilines is 1. The molecule has 0 amide bonds. The van der Waals surface area contributed by atoms with E-state index in [1.165, 1.54) is 12.1 Å². The van der Waals surface area contributed by atoms with Crippen LogP contribution in [0.1, 0.15) is 16.7 Å². The van der Waals surface area contributed by atoms with Crippen molar-refractivity contribution in [3.8, 4) is 28.5 Å². The quantitative estimate of drug-likeness (QED) is 0.507. The predicted octanol–water partition coefficient (Wildman–Crippen LogP) is 5.05. The number of pyridine rings is 1. The van der Waals surface area contributed by atoms with Gasteiger partial charge in [-0.25, -0.2) is 4.98 Å². The number of nitro benzene ring substituents is 1. The maximum atomic E-state index is 11.2. The summed E-state index contributed by atoms with van der Waals surface area (Å²) in [7, 11) is 0. The Morgan fingerprint density at radius 1 is 1.15 bits per heavy atom. The molecule has 0 unspecified atom stereocenters. The molecular formula is C20H15ClN4O2. The highest BCUT2D eigenvalue weighted by molar-refractivity contribution is 6.32. The average molecular weight is 379 g/mol. The molecule has 0 bridgehead atoms. The molecule has 2 aromatic carbocycles. The van der Waals surface area contributed by atoms with E-state index in [1.807, 2.05) is 38.1 Å². The summed E-state index contributed by atoms with van der Waals surface area (Å²) >= 11 is 5.90. The number of rotatable bonds is 3. The Hall–Kier alpha value is -3.43. The third kappa shape index (κ3) is 3.46. The van der Waals surface area contributed by atoms with Gasteiger partial charge in [-0.05, 0) is 37.1 Å². The summed E-state index contributed by atoms with van der Waals surface area (Å²) in [5.41, 5.74) is 10.5. The summed E-state index contributed by atoms with van der Waals surface area (Å²) < 4.78 is 0. The van der Waals surface area contributed by atoms with Gasteiger partial charge in [0.15, 0.2) is 0 Å². The lowest BCUT2D eigenvalue weighted by molar-refractivity contribution is -0.384. The van der Waals surface area contributed by atoms with Gasteiger partial charge in [0.1, 0.15) is 22.5 Å². The largest absolute Gasteiger partial charge is 0.383 e. The van der Waals surface area contributed by atoms with Gasteiger partial charge in [-0.15, -0.1) is 0 Å². The fourth-order valence-electron chi connectivity index (χ4n) is 2.97. The number of aryl methyl sites for hydroxylation is 2. The van der Waals surface area contributed by atoms with E-state index >= 15 is 0 Å². The summed E-state index contributed by atoms with van der Waals surface area (Å²) in [6, 6.07) is 14.1. The van der Waals surface area contributed by atoms with E-state index < -0.39 is 4.92 Å². The number of nitrogens with two attached hydrogens (primary N) is 1. The Labute approximate surface area is 161 Å². The van der Waals surface area contributed by atoms with E-state index in [9.17, 15) is 15.4 Å². The molecule has 0 aliphatic rings. The molecule has 0 radical (unpaired) electrons. The number of nitriles is 1. The minimum Gasteiger partial charge on any atom is -0.383 e. The number of halogens is 1. The molecule has 2 N–H and O–H groups in total. The molecule has 0 saturated heterocycles. The number of aromatic nitrogens is 1. The molecule has 1 heterocycles. The van der Waals surface area contributed by atoms with Crippen molar-refractivity contribution in [3.63, 3.8) is 0 Å². The minimum atomic E-state index is -0.562. The second-order valence-electron chi connectivity index (χ2n) is 6.17. The molecular weight excluding hydrogens is 364 g/mol. The van der Waals surface area contributed by atoms with Crippen molar-refractivity contribution in [2.24, 2.45) is 0 Å². The van der Waals surface area contributed by atoms with Crippen LogP contribution in [0, 0.1) is 35.3 Å². The van der Waals surface area contributed by atoms with Crippen LogP contribution in [0.4, 0.5) is 11.5 Å². The molecule has 0 saturated carbocycles. The van der Waals surface area contributed by atoms with Crippen molar-refractivity contribution >= 4 is 23.1 Å². The zero-order valence-electron chi connectivity index (χ0n) is 14.7. The van der Waals surface area contributed by atoms with Gasteiger partial charge in [0.05, 0.1) is 10.6 Å². The lowest BCUT2D eigenvalue weighted by Crippen LogP contribution is -2.01. The van der Waals surface area contributed by atoms with Gasteiger partial charge in [-0.1, -0.05) is 41.4 Å². The van der Waals surface area contributed by atoms with Crippen molar-refractivity contribution in [1.29, 1.82) is 5.26 Å². The van der Waals surface area contributed by atoms with Crippen molar-refractivity contribution in [2.75, 3.05) is 5.73 Å². The highest BCUT2D eigenvalue weighted by Gasteiger charge is 2.18. The minimum absolute atomic E-state index is 0.0267. The molecule has 3 rings (SSSR count). The fraction of sp³-hybridized carbons (Fsp3) is 0.100. The third-order valence-electron chi connectivity index (χ3n) is 4.27. The molecule has 0 aliphatic carbocycles. The topological polar surface area (TPSA) is 106 Å². The van der Waals surface area contributed by atoms with E-state index in [4.69, 9.17) is 17.3 Å². The number of nitrogen functional groups attached to an aromatic ring is 1.